The molecule has 23 heavy (non-hydrogen) atoms. The van der Waals surface area contributed by atoms with Crippen molar-refractivity contribution in [1.29, 1.82) is 0 Å². The molecule has 2 aromatic carbocycles. The average Bonchev–Trinajstić information content (AvgIpc) is 2.59. The second-order valence-electron chi connectivity index (χ2n) is 6.64. The molecule has 0 saturated carbocycles. The Morgan fingerprint density at radius 1 is 1.13 bits per heavy atom. The number of nitrogens with one attached hydrogen (secondary N) is 1. The van der Waals surface area contributed by atoms with Gasteiger partial charge in [0.2, 0.25) is 0 Å². The number of aryl methyl sites for hydroxylation is 2. The van der Waals surface area contributed by atoms with Gasteiger partial charge in [-0.2, -0.15) is 0 Å². The second kappa shape index (κ2) is 7.65. The van der Waals surface area contributed by atoms with Crippen molar-refractivity contribution in [2.45, 2.75) is 32.6 Å². The Morgan fingerprint density at radius 3 is 2.74 bits per heavy atom. The van der Waals surface area contributed by atoms with Crippen LogP contribution >= 0.6 is 0 Å². The second-order valence-corrected chi connectivity index (χ2v) is 6.64. The summed E-state index contributed by atoms with van der Waals surface area (Å²) in [6.45, 7) is 4.28. The zero-order valence-electron chi connectivity index (χ0n) is 14.3. The van der Waals surface area contributed by atoms with Crippen molar-refractivity contribution in [2.24, 2.45) is 5.92 Å². The van der Waals surface area contributed by atoms with Crippen molar-refractivity contribution in [1.82, 2.24) is 5.32 Å². The van der Waals surface area contributed by atoms with E-state index in [-0.39, 0.29) is 0 Å². The van der Waals surface area contributed by atoms with Crippen LogP contribution in [0.3, 0.4) is 0 Å². The van der Waals surface area contributed by atoms with Gasteiger partial charge in [-0.1, -0.05) is 36.4 Å². The van der Waals surface area contributed by atoms with Crippen molar-refractivity contribution in [3.05, 3.63) is 64.7 Å². The van der Waals surface area contributed by atoms with Crippen molar-refractivity contribution in [3.8, 4) is 5.75 Å². The van der Waals surface area contributed by atoms with Crippen LogP contribution in [0.4, 0.5) is 0 Å². The molecule has 0 spiro atoms. The Labute approximate surface area is 139 Å². The number of fused-ring (bicyclic) bond motifs is 1. The number of hydrogen-bond acceptors (Lipinski definition) is 2. The Hall–Kier alpha value is -1.80. The van der Waals surface area contributed by atoms with Crippen LogP contribution in [0, 0.1) is 12.8 Å². The van der Waals surface area contributed by atoms with Gasteiger partial charge in [0.25, 0.3) is 0 Å². The SMILES string of the molecule is COc1ccc(CCNCC2CCc3ccccc3C2)cc1C. The quantitative estimate of drug-likeness (QED) is 0.816. The van der Waals surface area contributed by atoms with Gasteiger partial charge in [-0.25, -0.2) is 0 Å². The zero-order chi connectivity index (χ0) is 16.1. The minimum absolute atomic E-state index is 0.780. The molecule has 1 aliphatic rings. The van der Waals surface area contributed by atoms with E-state index in [0.717, 1.165) is 31.2 Å². The minimum Gasteiger partial charge on any atom is -0.496 e. The Bertz CT molecular complexity index is 650. The normalized spacial score (nSPS) is 16.9. The van der Waals surface area contributed by atoms with E-state index in [4.69, 9.17) is 4.74 Å². The van der Waals surface area contributed by atoms with Crippen molar-refractivity contribution in [3.63, 3.8) is 0 Å². The first-order chi connectivity index (χ1) is 11.3. The van der Waals surface area contributed by atoms with E-state index in [0.29, 0.717) is 0 Å². The molecule has 0 fully saturated rings. The van der Waals surface area contributed by atoms with E-state index >= 15 is 0 Å². The van der Waals surface area contributed by atoms with E-state index < -0.39 is 0 Å². The average molecular weight is 309 g/mol. The molecule has 2 nitrogen and oxygen atoms in total. The van der Waals surface area contributed by atoms with Crippen molar-refractivity contribution >= 4 is 0 Å². The summed E-state index contributed by atoms with van der Waals surface area (Å²) in [4.78, 5) is 0. The number of methoxy groups -OCH3 is 1. The molecule has 3 rings (SSSR count). The zero-order valence-corrected chi connectivity index (χ0v) is 14.3. The van der Waals surface area contributed by atoms with Crippen LogP contribution in [-0.2, 0) is 19.3 Å². The van der Waals surface area contributed by atoms with E-state index in [9.17, 15) is 0 Å². The summed E-state index contributed by atoms with van der Waals surface area (Å²) in [6.07, 6.45) is 4.85. The predicted molar refractivity (Wildman–Crippen MR) is 96.3 cm³/mol. The predicted octanol–water partition coefficient (Wildman–Crippen LogP) is 3.94. The van der Waals surface area contributed by atoms with Gasteiger partial charge in [-0.05, 0) is 79.9 Å². The maximum absolute atomic E-state index is 5.32. The molecule has 1 unspecified atom stereocenters. The molecule has 2 aromatic rings. The van der Waals surface area contributed by atoms with Gasteiger partial charge in [0.05, 0.1) is 7.11 Å². The molecule has 122 valence electrons. The maximum atomic E-state index is 5.32. The van der Waals surface area contributed by atoms with Crippen LogP contribution in [0.2, 0.25) is 0 Å². The first-order valence-electron chi connectivity index (χ1n) is 8.67. The molecular weight excluding hydrogens is 282 g/mol. The number of hydrogen-bond donors (Lipinski definition) is 1. The standard InChI is InChI=1S/C21H27NO/c1-16-13-17(8-10-21(16)23-2)11-12-22-15-18-7-9-19-5-3-4-6-20(19)14-18/h3-6,8,10,13,18,22H,7,9,11-12,14-15H2,1-2H3. The van der Waals surface area contributed by atoms with E-state index in [1.54, 1.807) is 18.2 Å². The van der Waals surface area contributed by atoms with Gasteiger partial charge in [0, 0.05) is 0 Å². The monoisotopic (exact) mass is 309 g/mol. The molecular formula is C21H27NO. The van der Waals surface area contributed by atoms with Gasteiger partial charge in [0.15, 0.2) is 0 Å². The Balaban J connectivity index is 1.43. The molecule has 1 atom stereocenters. The highest BCUT2D eigenvalue weighted by atomic mass is 16.5. The highest BCUT2D eigenvalue weighted by Gasteiger charge is 2.17. The third-order valence-corrected chi connectivity index (χ3v) is 4.93. The summed E-state index contributed by atoms with van der Waals surface area (Å²) in [6, 6.07) is 15.4. The molecule has 0 bridgehead atoms. The lowest BCUT2D eigenvalue weighted by molar-refractivity contribution is 0.411. The lowest BCUT2D eigenvalue weighted by Crippen LogP contribution is -2.28. The molecule has 2 heteroatoms. The summed E-state index contributed by atoms with van der Waals surface area (Å²) in [5.74, 6) is 1.75. The molecule has 0 aromatic heterocycles. The summed E-state index contributed by atoms with van der Waals surface area (Å²) in [7, 11) is 1.73. The first kappa shape index (κ1) is 16.1. The summed E-state index contributed by atoms with van der Waals surface area (Å²) >= 11 is 0. The van der Waals surface area contributed by atoms with Crippen LogP contribution in [-0.4, -0.2) is 20.2 Å². The lowest BCUT2D eigenvalue weighted by Gasteiger charge is -2.24. The topological polar surface area (TPSA) is 21.3 Å². The number of ether oxygens (including phenoxy) is 1. The van der Waals surface area contributed by atoms with Crippen LogP contribution in [0.5, 0.6) is 5.75 Å². The van der Waals surface area contributed by atoms with Gasteiger partial charge < -0.3 is 10.1 Å². The fourth-order valence-corrected chi connectivity index (χ4v) is 3.58. The van der Waals surface area contributed by atoms with Crippen molar-refractivity contribution < 1.29 is 4.74 Å². The van der Waals surface area contributed by atoms with Crippen LogP contribution in [0.1, 0.15) is 28.7 Å². The van der Waals surface area contributed by atoms with Gasteiger partial charge in [-0.15, -0.1) is 0 Å². The molecule has 1 aliphatic carbocycles. The highest BCUT2D eigenvalue weighted by Crippen LogP contribution is 2.24. The number of rotatable bonds is 6. The lowest BCUT2D eigenvalue weighted by atomic mass is 9.84. The molecule has 0 aliphatic heterocycles. The largest absolute Gasteiger partial charge is 0.496 e. The summed E-state index contributed by atoms with van der Waals surface area (Å²) < 4.78 is 5.32. The minimum atomic E-state index is 0.780. The van der Waals surface area contributed by atoms with Crippen LogP contribution in [0.25, 0.3) is 0 Å². The van der Waals surface area contributed by atoms with Gasteiger partial charge in [-0.3, -0.25) is 0 Å². The summed E-state index contributed by atoms with van der Waals surface area (Å²) in [5, 5.41) is 3.65. The molecule has 0 heterocycles. The van der Waals surface area contributed by atoms with Crippen LogP contribution in [0.15, 0.2) is 42.5 Å². The third-order valence-electron chi connectivity index (χ3n) is 4.93. The molecule has 0 radical (unpaired) electrons. The Kier molecular flexibility index (Phi) is 5.35. The maximum Gasteiger partial charge on any atom is 0.121 e. The van der Waals surface area contributed by atoms with E-state index in [1.165, 1.54) is 30.4 Å². The van der Waals surface area contributed by atoms with Crippen molar-refractivity contribution in [2.75, 3.05) is 20.2 Å². The smallest absolute Gasteiger partial charge is 0.121 e. The molecule has 0 amide bonds. The first-order valence-corrected chi connectivity index (χ1v) is 8.67. The molecule has 1 N–H and O–H groups in total. The van der Waals surface area contributed by atoms with E-state index in [1.807, 2.05) is 0 Å². The fourth-order valence-electron chi connectivity index (χ4n) is 3.58. The molecule has 0 saturated heterocycles. The number of benzene rings is 2. The van der Waals surface area contributed by atoms with Gasteiger partial charge >= 0.3 is 0 Å². The highest BCUT2D eigenvalue weighted by molar-refractivity contribution is 5.36. The third kappa shape index (κ3) is 4.14. The summed E-state index contributed by atoms with van der Waals surface area (Å²) in [5.41, 5.74) is 5.70. The van der Waals surface area contributed by atoms with E-state index in [2.05, 4.69) is 54.7 Å². The van der Waals surface area contributed by atoms with Gasteiger partial charge in [0.1, 0.15) is 5.75 Å². The van der Waals surface area contributed by atoms with Crippen LogP contribution < -0.4 is 10.1 Å². The fraction of sp³-hybridized carbons (Fsp3) is 0.429. The Morgan fingerprint density at radius 2 is 1.96 bits per heavy atom.